The van der Waals surface area contributed by atoms with Crippen molar-refractivity contribution in [3.63, 3.8) is 0 Å². The lowest BCUT2D eigenvalue weighted by Crippen LogP contribution is -2.33. The number of nitrogens with zero attached hydrogens (tertiary/aromatic N) is 1. The monoisotopic (exact) mass is 226 g/mol. The quantitative estimate of drug-likeness (QED) is 0.747. The number of hydrogen-bond acceptors (Lipinski definition) is 3. The largest absolute Gasteiger partial charge is 0.480 e. The second-order valence-electron chi connectivity index (χ2n) is 5.41. The molecule has 0 amide bonds. The molecule has 3 unspecified atom stereocenters. The molecule has 4 heteroatoms. The van der Waals surface area contributed by atoms with Crippen LogP contribution in [0.15, 0.2) is 0 Å². The lowest BCUT2D eigenvalue weighted by Gasteiger charge is -2.31. The first kappa shape index (κ1) is 11.9. The standard InChI is InChI=1S/C12H22N2O2/c1-14-4-2-3-9(8-14)5-10-6-11(12(15)16)13-7-10/h9-11,13H,2-8H2,1H3,(H,15,16). The molecule has 2 N–H and O–H groups in total. The van der Waals surface area contributed by atoms with Crippen molar-refractivity contribution in [2.45, 2.75) is 31.7 Å². The van der Waals surface area contributed by atoms with E-state index in [1.165, 1.54) is 32.4 Å². The van der Waals surface area contributed by atoms with Crippen LogP contribution in [-0.2, 0) is 4.79 Å². The van der Waals surface area contributed by atoms with E-state index in [-0.39, 0.29) is 6.04 Å². The Labute approximate surface area is 97.0 Å². The topological polar surface area (TPSA) is 52.6 Å². The molecular formula is C12H22N2O2. The highest BCUT2D eigenvalue weighted by atomic mass is 16.4. The number of carboxylic acids is 1. The van der Waals surface area contributed by atoms with Gasteiger partial charge in [0.2, 0.25) is 0 Å². The molecule has 0 radical (unpaired) electrons. The normalized spacial score (nSPS) is 36.4. The van der Waals surface area contributed by atoms with Gasteiger partial charge in [0.15, 0.2) is 0 Å². The summed E-state index contributed by atoms with van der Waals surface area (Å²) in [5.41, 5.74) is 0. The Morgan fingerprint density at radius 3 is 2.94 bits per heavy atom. The van der Waals surface area contributed by atoms with Crippen LogP contribution in [0.1, 0.15) is 25.7 Å². The van der Waals surface area contributed by atoms with Crippen molar-refractivity contribution in [2.24, 2.45) is 11.8 Å². The molecule has 0 saturated carbocycles. The summed E-state index contributed by atoms with van der Waals surface area (Å²) in [6, 6.07) is -0.300. The van der Waals surface area contributed by atoms with E-state index in [2.05, 4.69) is 17.3 Å². The Morgan fingerprint density at radius 2 is 2.31 bits per heavy atom. The molecule has 2 aliphatic rings. The summed E-state index contributed by atoms with van der Waals surface area (Å²) in [6.07, 6.45) is 4.62. The minimum Gasteiger partial charge on any atom is -0.480 e. The molecular weight excluding hydrogens is 204 g/mol. The minimum absolute atomic E-state index is 0.300. The van der Waals surface area contributed by atoms with E-state index < -0.39 is 5.97 Å². The highest BCUT2D eigenvalue weighted by molar-refractivity contribution is 5.73. The van der Waals surface area contributed by atoms with Crippen LogP contribution in [0.4, 0.5) is 0 Å². The van der Waals surface area contributed by atoms with Gasteiger partial charge in [-0.1, -0.05) is 0 Å². The number of rotatable bonds is 3. The van der Waals surface area contributed by atoms with Crippen LogP contribution in [0.5, 0.6) is 0 Å². The van der Waals surface area contributed by atoms with Crippen LogP contribution in [0.3, 0.4) is 0 Å². The first-order valence-corrected chi connectivity index (χ1v) is 6.30. The molecule has 2 rings (SSSR count). The maximum atomic E-state index is 10.8. The second kappa shape index (κ2) is 5.15. The predicted octanol–water partition coefficient (Wildman–Crippen LogP) is 0.781. The van der Waals surface area contributed by atoms with Gasteiger partial charge in [-0.15, -0.1) is 0 Å². The first-order chi connectivity index (χ1) is 7.65. The van der Waals surface area contributed by atoms with E-state index in [0.29, 0.717) is 5.92 Å². The number of carbonyl (C=O) groups is 1. The lowest BCUT2D eigenvalue weighted by atomic mass is 9.87. The van der Waals surface area contributed by atoms with E-state index in [1.54, 1.807) is 0 Å². The Balaban J connectivity index is 1.76. The van der Waals surface area contributed by atoms with E-state index in [4.69, 9.17) is 5.11 Å². The van der Waals surface area contributed by atoms with Crippen molar-refractivity contribution in [1.82, 2.24) is 10.2 Å². The molecule has 3 atom stereocenters. The van der Waals surface area contributed by atoms with Gasteiger partial charge in [0.25, 0.3) is 0 Å². The molecule has 0 spiro atoms. The van der Waals surface area contributed by atoms with Gasteiger partial charge in [0.1, 0.15) is 6.04 Å². The summed E-state index contributed by atoms with van der Waals surface area (Å²) in [5, 5.41) is 12.0. The van der Waals surface area contributed by atoms with E-state index in [1.807, 2.05) is 0 Å². The average molecular weight is 226 g/mol. The van der Waals surface area contributed by atoms with Gasteiger partial charge in [0.05, 0.1) is 0 Å². The second-order valence-corrected chi connectivity index (χ2v) is 5.41. The van der Waals surface area contributed by atoms with Crippen molar-refractivity contribution in [3.05, 3.63) is 0 Å². The fraction of sp³-hybridized carbons (Fsp3) is 0.917. The number of aliphatic carboxylic acids is 1. The van der Waals surface area contributed by atoms with Gasteiger partial charge in [-0.25, -0.2) is 0 Å². The molecule has 2 heterocycles. The van der Waals surface area contributed by atoms with E-state index in [9.17, 15) is 4.79 Å². The first-order valence-electron chi connectivity index (χ1n) is 6.30. The van der Waals surface area contributed by atoms with Crippen LogP contribution in [0.2, 0.25) is 0 Å². The highest BCUT2D eigenvalue weighted by Gasteiger charge is 2.31. The summed E-state index contributed by atoms with van der Waals surface area (Å²) >= 11 is 0. The fourth-order valence-electron chi connectivity index (χ4n) is 3.11. The lowest BCUT2D eigenvalue weighted by molar-refractivity contribution is -0.139. The Hall–Kier alpha value is -0.610. The number of nitrogens with one attached hydrogen (secondary N) is 1. The molecule has 92 valence electrons. The van der Waals surface area contributed by atoms with Crippen LogP contribution < -0.4 is 5.32 Å². The Kier molecular flexibility index (Phi) is 3.82. The fourth-order valence-corrected chi connectivity index (χ4v) is 3.11. The smallest absolute Gasteiger partial charge is 0.320 e. The van der Waals surface area contributed by atoms with Gasteiger partial charge >= 0.3 is 5.97 Å². The molecule has 2 aliphatic heterocycles. The number of likely N-dealkylation sites (tertiary alicyclic amines) is 1. The molecule has 0 aromatic heterocycles. The van der Waals surface area contributed by atoms with Gasteiger partial charge in [-0.2, -0.15) is 0 Å². The zero-order valence-corrected chi connectivity index (χ0v) is 9.98. The SMILES string of the molecule is CN1CCCC(CC2CNC(C(=O)O)C2)C1. The average Bonchev–Trinajstić information content (AvgIpc) is 2.66. The maximum Gasteiger partial charge on any atom is 0.320 e. The van der Waals surface area contributed by atoms with E-state index in [0.717, 1.165) is 18.9 Å². The predicted molar refractivity (Wildman–Crippen MR) is 62.4 cm³/mol. The van der Waals surface area contributed by atoms with Crippen molar-refractivity contribution in [2.75, 3.05) is 26.7 Å². The molecule has 4 nitrogen and oxygen atoms in total. The van der Waals surface area contributed by atoms with Crippen LogP contribution in [0, 0.1) is 11.8 Å². The van der Waals surface area contributed by atoms with Crippen molar-refractivity contribution >= 4 is 5.97 Å². The molecule has 16 heavy (non-hydrogen) atoms. The van der Waals surface area contributed by atoms with Crippen LogP contribution >= 0.6 is 0 Å². The summed E-state index contributed by atoms with van der Waals surface area (Å²) in [5.74, 6) is 0.652. The number of piperidine rings is 1. The van der Waals surface area contributed by atoms with Gasteiger partial charge in [0, 0.05) is 6.54 Å². The number of carboxylic acid groups (broad SMARTS) is 1. The summed E-state index contributed by atoms with van der Waals surface area (Å²) in [6.45, 7) is 3.29. The molecule has 2 saturated heterocycles. The molecule has 0 bridgehead atoms. The zero-order chi connectivity index (χ0) is 11.5. The Bertz CT molecular complexity index is 257. The van der Waals surface area contributed by atoms with Crippen LogP contribution in [-0.4, -0.2) is 48.7 Å². The van der Waals surface area contributed by atoms with E-state index >= 15 is 0 Å². The van der Waals surface area contributed by atoms with Gasteiger partial charge in [-0.3, -0.25) is 4.79 Å². The molecule has 0 aromatic carbocycles. The van der Waals surface area contributed by atoms with Crippen molar-refractivity contribution in [1.29, 1.82) is 0 Å². The maximum absolute atomic E-state index is 10.8. The summed E-state index contributed by atoms with van der Waals surface area (Å²) in [7, 11) is 2.18. The van der Waals surface area contributed by atoms with Crippen molar-refractivity contribution in [3.8, 4) is 0 Å². The zero-order valence-electron chi connectivity index (χ0n) is 9.98. The Morgan fingerprint density at radius 1 is 1.50 bits per heavy atom. The summed E-state index contributed by atoms with van der Waals surface area (Å²) in [4.78, 5) is 13.2. The molecule has 0 aromatic rings. The molecule has 2 fully saturated rings. The molecule has 0 aliphatic carbocycles. The third kappa shape index (κ3) is 2.95. The minimum atomic E-state index is -0.691. The number of hydrogen-bond donors (Lipinski definition) is 2. The summed E-state index contributed by atoms with van der Waals surface area (Å²) < 4.78 is 0. The van der Waals surface area contributed by atoms with Crippen molar-refractivity contribution < 1.29 is 9.90 Å². The third-order valence-corrected chi connectivity index (χ3v) is 3.91. The van der Waals surface area contributed by atoms with Crippen LogP contribution in [0.25, 0.3) is 0 Å². The van der Waals surface area contributed by atoms with Gasteiger partial charge in [-0.05, 0) is 57.7 Å². The van der Waals surface area contributed by atoms with Gasteiger partial charge < -0.3 is 15.3 Å². The highest BCUT2D eigenvalue weighted by Crippen LogP contribution is 2.27. The third-order valence-electron chi connectivity index (χ3n) is 3.91.